The van der Waals surface area contributed by atoms with E-state index in [4.69, 9.17) is 4.42 Å². The van der Waals surface area contributed by atoms with Gasteiger partial charge < -0.3 is 9.73 Å². The monoisotopic (exact) mass is 270 g/mol. The quantitative estimate of drug-likeness (QED) is 0.784. The molecular weight excluding hydrogens is 255 g/mol. The van der Waals surface area contributed by atoms with Gasteiger partial charge in [-0.05, 0) is 36.4 Å². The highest BCUT2D eigenvalue weighted by molar-refractivity contribution is 5.77. The number of hydrogen-bond acceptors (Lipinski definition) is 3. The van der Waals surface area contributed by atoms with Crippen LogP contribution in [-0.2, 0) is 6.54 Å². The van der Waals surface area contributed by atoms with Crippen molar-refractivity contribution in [3.63, 3.8) is 0 Å². The zero-order valence-electron chi connectivity index (χ0n) is 11.2. The van der Waals surface area contributed by atoms with E-state index >= 15 is 0 Å². The molecule has 20 heavy (non-hydrogen) atoms. The highest BCUT2D eigenvalue weighted by Gasteiger charge is 2.12. The minimum atomic E-state index is -0.327. The molecule has 0 saturated heterocycles. The zero-order valence-corrected chi connectivity index (χ0v) is 11.2. The first-order valence-corrected chi connectivity index (χ1v) is 6.63. The maximum absolute atomic E-state index is 13.7. The number of benzene rings is 2. The molecule has 2 aromatic carbocycles. The number of hydrogen-bond donors (Lipinski definition) is 1. The molecular formula is C16H15FN2O. The average Bonchev–Trinajstić information content (AvgIpc) is 2.88. The summed E-state index contributed by atoms with van der Waals surface area (Å²) >= 11 is 0. The number of aromatic nitrogens is 1. The van der Waals surface area contributed by atoms with Crippen LogP contribution in [0.1, 0.15) is 12.5 Å². The van der Waals surface area contributed by atoms with E-state index in [1.165, 1.54) is 6.07 Å². The lowest BCUT2D eigenvalue weighted by molar-refractivity contribution is 0.593. The van der Waals surface area contributed by atoms with E-state index in [-0.39, 0.29) is 5.82 Å². The Morgan fingerprint density at radius 2 is 2.05 bits per heavy atom. The summed E-state index contributed by atoms with van der Waals surface area (Å²) in [4.78, 5) is 4.38. The van der Waals surface area contributed by atoms with E-state index in [0.717, 1.165) is 24.2 Å². The van der Waals surface area contributed by atoms with E-state index < -0.39 is 0 Å². The molecule has 3 rings (SSSR count). The molecule has 0 unspecified atom stereocenters. The van der Waals surface area contributed by atoms with Gasteiger partial charge in [-0.3, -0.25) is 0 Å². The number of halogens is 1. The summed E-state index contributed by atoms with van der Waals surface area (Å²) in [6.07, 6.45) is 0. The van der Waals surface area contributed by atoms with Crippen molar-refractivity contribution >= 4 is 11.1 Å². The first-order valence-electron chi connectivity index (χ1n) is 6.63. The Kier molecular flexibility index (Phi) is 3.48. The molecule has 0 fully saturated rings. The summed E-state index contributed by atoms with van der Waals surface area (Å²) in [5, 5.41) is 3.26. The molecule has 0 bridgehead atoms. The molecule has 1 heterocycles. The van der Waals surface area contributed by atoms with Gasteiger partial charge in [-0.15, -0.1) is 0 Å². The largest absolute Gasteiger partial charge is 0.436 e. The molecule has 0 atom stereocenters. The van der Waals surface area contributed by atoms with Crippen LogP contribution in [0.2, 0.25) is 0 Å². The summed E-state index contributed by atoms with van der Waals surface area (Å²) in [5.74, 6) is -0.00868. The SMILES string of the molecule is CCNCc1ccc2oc(-c3ccccc3F)nc2c1. The predicted octanol–water partition coefficient (Wildman–Crippen LogP) is 3.74. The first kappa shape index (κ1) is 12.8. The molecule has 4 heteroatoms. The number of rotatable bonds is 4. The maximum Gasteiger partial charge on any atom is 0.230 e. The van der Waals surface area contributed by atoms with E-state index in [9.17, 15) is 4.39 Å². The highest BCUT2D eigenvalue weighted by Crippen LogP contribution is 2.26. The predicted molar refractivity (Wildman–Crippen MR) is 76.8 cm³/mol. The second-order valence-electron chi connectivity index (χ2n) is 4.58. The van der Waals surface area contributed by atoms with Gasteiger partial charge in [0.1, 0.15) is 11.3 Å². The van der Waals surface area contributed by atoms with Crippen molar-refractivity contribution in [3.8, 4) is 11.5 Å². The Bertz CT molecular complexity index is 736. The Labute approximate surface area is 116 Å². The van der Waals surface area contributed by atoms with Crippen molar-refractivity contribution in [1.29, 1.82) is 0 Å². The van der Waals surface area contributed by atoms with Gasteiger partial charge >= 0.3 is 0 Å². The molecule has 1 N–H and O–H groups in total. The van der Waals surface area contributed by atoms with Crippen LogP contribution in [0, 0.1) is 5.82 Å². The van der Waals surface area contributed by atoms with Crippen LogP contribution in [0.4, 0.5) is 4.39 Å². The van der Waals surface area contributed by atoms with Crippen molar-refractivity contribution < 1.29 is 8.81 Å². The lowest BCUT2D eigenvalue weighted by atomic mass is 10.2. The highest BCUT2D eigenvalue weighted by atomic mass is 19.1. The number of nitrogens with one attached hydrogen (secondary N) is 1. The fraction of sp³-hybridized carbons (Fsp3) is 0.188. The van der Waals surface area contributed by atoms with E-state index in [1.807, 2.05) is 18.2 Å². The lowest BCUT2D eigenvalue weighted by Crippen LogP contribution is -2.11. The van der Waals surface area contributed by atoms with Gasteiger partial charge in [-0.2, -0.15) is 0 Å². The minimum absolute atomic E-state index is 0.318. The minimum Gasteiger partial charge on any atom is -0.436 e. The molecule has 3 aromatic rings. The number of nitrogens with zero attached hydrogens (tertiary/aromatic N) is 1. The van der Waals surface area contributed by atoms with E-state index in [0.29, 0.717) is 17.0 Å². The van der Waals surface area contributed by atoms with Gasteiger partial charge in [0.05, 0.1) is 5.56 Å². The molecule has 3 nitrogen and oxygen atoms in total. The topological polar surface area (TPSA) is 38.1 Å². The smallest absolute Gasteiger partial charge is 0.230 e. The molecule has 0 saturated carbocycles. The fourth-order valence-corrected chi connectivity index (χ4v) is 2.10. The van der Waals surface area contributed by atoms with Crippen molar-refractivity contribution in [2.45, 2.75) is 13.5 Å². The molecule has 0 spiro atoms. The Hall–Kier alpha value is -2.20. The van der Waals surface area contributed by atoms with Crippen molar-refractivity contribution in [2.24, 2.45) is 0 Å². The van der Waals surface area contributed by atoms with E-state index in [2.05, 4.69) is 17.2 Å². The molecule has 102 valence electrons. The van der Waals surface area contributed by atoms with Crippen molar-refractivity contribution in [2.75, 3.05) is 6.54 Å². The molecule has 0 radical (unpaired) electrons. The number of oxazole rings is 1. The molecule has 1 aromatic heterocycles. The van der Waals surface area contributed by atoms with Crippen LogP contribution in [0.15, 0.2) is 46.9 Å². The molecule has 0 aliphatic heterocycles. The molecule has 0 aliphatic rings. The van der Waals surface area contributed by atoms with E-state index in [1.54, 1.807) is 18.2 Å². The van der Waals surface area contributed by atoms with Gasteiger partial charge in [0.2, 0.25) is 5.89 Å². The number of fused-ring (bicyclic) bond motifs is 1. The summed E-state index contributed by atoms with van der Waals surface area (Å²) in [7, 11) is 0. The maximum atomic E-state index is 13.7. The van der Waals surface area contributed by atoms with Gasteiger partial charge in [0, 0.05) is 6.54 Å². The third kappa shape index (κ3) is 2.42. The summed E-state index contributed by atoms with van der Waals surface area (Å²) in [5.41, 5.74) is 2.94. The zero-order chi connectivity index (χ0) is 13.9. The Morgan fingerprint density at radius 1 is 1.20 bits per heavy atom. The lowest BCUT2D eigenvalue weighted by Gasteiger charge is -2.00. The van der Waals surface area contributed by atoms with Gasteiger partial charge in [-0.25, -0.2) is 9.37 Å². The van der Waals surface area contributed by atoms with Gasteiger partial charge in [0.15, 0.2) is 5.58 Å². The Morgan fingerprint density at radius 3 is 2.85 bits per heavy atom. The fourth-order valence-electron chi connectivity index (χ4n) is 2.10. The van der Waals surface area contributed by atoms with Gasteiger partial charge in [-0.1, -0.05) is 25.1 Å². The van der Waals surface area contributed by atoms with Crippen molar-refractivity contribution in [1.82, 2.24) is 10.3 Å². The van der Waals surface area contributed by atoms with Crippen LogP contribution in [-0.4, -0.2) is 11.5 Å². The summed E-state index contributed by atoms with van der Waals surface area (Å²) < 4.78 is 19.4. The van der Waals surface area contributed by atoms with Crippen LogP contribution in [0.3, 0.4) is 0 Å². The first-order chi connectivity index (χ1) is 9.78. The third-order valence-electron chi connectivity index (χ3n) is 3.14. The van der Waals surface area contributed by atoms with Crippen LogP contribution in [0.5, 0.6) is 0 Å². The molecule has 0 aliphatic carbocycles. The standard InChI is InChI=1S/C16H15FN2O/c1-2-18-10-11-7-8-15-14(9-11)19-16(20-15)12-5-3-4-6-13(12)17/h3-9,18H,2,10H2,1H3. The second kappa shape index (κ2) is 5.43. The third-order valence-corrected chi connectivity index (χ3v) is 3.14. The van der Waals surface area contributed by atoms with Crippen LogP contribution >= 0.6 is 0 Å². The van der Waals surface area contributed by atoms with Crippen LogP contribution < -0.4 is 5.32 Å². The van der Waals surface area contributed by atoms with Gasteiger partial charge in [0.25, 0.3) is 0 Å². The normalized spacial score (nSPS) is 11.1. The average molecular weight is 270 g/mol. The molecule has 0 amide bonds. The summed E-state index contributed by atoms with van der Waals surface area (Å²) in [6, 6.07) is 12.3. The van der Waals surface area contributed by atoms with Crippen molar-refractivity contribution in [3.05, 3.63) is 53.8 Å². The van der Waals surface area contributed by atoms with Crippen LogP contribution in [0.25, 0.3) is 22.6 Å². The summed E-state index contributed by atoms with van der Waals surface area (Å²) in [6.45, 7) is 3.76. The second-order valence-corrected chi connectivity index (χ2v) is 4.58. The Balaban J connectivity index is 2.00.